The van der Waals surface area contributed by atoms with Crippen molar-refractivity contribution in [2.45, 2.75) is 31.8 Å². The molecule has 1 spiro atoms. The van der Waals surface area contributed by atoms with Gasteiger partial charge >= 0.3 is 0 Å². The van der Waals surface area contributed by atoms with Crippen LogP contribution < -0.4 is 15.2 Å². The molecule has 2 amide bonds. The Hall–Kier alpha value is -4.41. The van der Waals surface area contributed by atoms with Gasteiger partial charge in [0.2, 0.25) is 10.9 Å². The molecule has 5 aromatic rings. The molecule has 1 atom stereocenters. The van der Waals surface area contributed by atoms with E-state index in [1.54, 1.807) is 42.5 Å². The Labute approximate surface area is 241 Å². The lowest BCUT2D eigenvalue weighted by atomic mass is 9.84. The van der Waals surface area contributed by atoms with Crippen molar-refractivity contribution in [2.75, 3.05) is 9.80 Å². The van der Waals surface area contributed by atoms with Crippen LogP contribution in [-0.4, -0.2) is 22.0 Å². The summed E-state index contributed by atoms with van der Waals surface area (Å²) in [5, 5.41) is 9.73. The summed E-state index contributed by atoms with van der Waals surface area (Å²) >= 11 is 7.63. The van der Waals surface area contributed by atoms with Gasteiger partial charge in [0.05, 0.1) is 23.2 Å². The number of amides is 2. The predicted octanol–water partition coefficient (Wildman–Crippen LogP) is 6.01. The maximum absolute atomic E-state index is 14.9. The smallest absolute Gasteiger partial charge is 0.297 e. The van der Waals surface area contributed by atoms with Crippen LogP contribution in [0.4, 0.5) is 15.2 Å². The first-order valence-electron chi connectivity index (χ1n) is 12.8. The van der Waals surface area contributed by atoms with Gasteiger partial charge < -0.3 is 9.32 Å². The highest BCUT2D eigenvalue weighted by molar-refractivity contribution is 7.15. The van der Waals surface area contributed by atoms with Gasteiger partial charge in [-0.05, 0) is 35.9 Å². The molecule has 0 bridgehead atoms. The van der Waals surface area contributed by atoms with Crippen molar-refractivity contribution in [3.63, 3.8) is 0 Å². The van der Waals surface area contributed by atoms with Crippen molar-refractivity contribution in [3.05, 3.63) is 115 Å². The SMILES string of the molecule is CC(C)c1nnc(N2C(=O)c3oc4ccc(F)cc4c(=O)c3C23C(=O)N(Cc2ccccc2Cl)c2ccccc23)s1. The van der Waals surface area contributed by atoms with Gasteiger partial charge in [-0.3, -0.25) is 19.3 Å². The molecule has 1 unspecified atom stereocenters. The third-order valence-corrected chi connectivity index (χ3v) is 9.07. The Morgan fingerprint density at radius 3 is 2.54 bits per heavy atom. The van der Waals surface area contributed by atoms with E-state index in [4.69, 9.17) is 16.0 Å². The lowest BCUT2D eigenvalue weighted by Gasteiger charge is -2.32. The Bertz CT molecular complexity index is 1990. The molecular weight excluding hydrogens is 567 g/mol. The third kappa shape index (κ3) is 3.47. The second-order valence-corrected chi connectivity index (χ2v) is 11.6. The van der Waals surface area contributed by atoms with Gasteiger partial charge in [-0.1, -0.05) is 73.2 Å². The standard InChI is InChI=1S/C30H20ClFN4O4S/c1-15(2)26-33-34-29(41-26)36-27(38)25-23(24(37)18-13-17(32)11-12-22(18)40-25)30(36)19-8-4-6-10-21(19)35(28(30)39)14-16-7-3-5-9-20(16)31/h3-13,15H,14H2,1-2H3. The lowest BCUT2D eigenvalue weighted by Crippen LogP contribution is -2.53. The van der Waals surface area contributed by atoms with Gasteiger partial charge in [0.1, 0.15) is 16.4 Å². The monoisotopic (exact) mass is 586 g/mol. The van der Waals surface area contributed by atoms with Crippen molar-refractivity contribution >= 4 is 56.5 Å². The van der Waals surface area contributed by atoms with E-state index in [2.05, 4.69) is 10.2 Å². The molecule has 3 aromatic carbocycles. The summed E-state index contributed by atoms with van der Waals surface area (Å²) < 4.78 is 20.3. The molecule has 2 aliphatic heterocycles. The van der Waals surface area contributed by atoms with E-state index in [-0.39, 0.29) is 39.9 Å². The van der Waals surface area contributed by atoms with Gasteiger partial charge in [-0.25, -0.2) is 4.39 Å². The van der Waals surface area contributed by atoms with Crippen LogP contribution in [0.25, 0.3) is 11.0 Å². The predicted molar refractivity (Wildman–Crippen MR) is 153 cm³/mol. The molecule has 0 saturated heterocycles. The number of anilines is 2. The minimum Gasteiger partial charge on any atom is -0.450 e. The fourth-order valence-electron chi connectivity index (χ4n) is 5.64. The normalized spacial score (nSPS) is 17.8. The van der Waals surface area contributed by atoms with Crippen molar-refractivity contribution in [1.29, 1.82) is 0 Å². The molecule has 4 heterocycles. The summed E-state index contributed by atoms with van der Waals surface area (Å²) in [6.45, 7) is 3.96. The van der Waals surface area contributed by atoms with E-state index in [9.17, 15) is 18.8 Å². The number of rotatable bonds is 4. The van der Waals surface area contributed by atoms with Crippen LogP contribution in [-0.2, 0) is 16.9 Å². The number of fused-ring (bicyclic) bond motifs is 5. The van der Waals surface area contributed by atoms with Crippen LogP contribution in [0, 0.1) is 5.82 Å². The largest absolute Gasteiger partial charge is 0.450 e. The highest BCUT2D eigenvalue weighted by Gasteiger charge is 2.66. The zero-order chi connectivity index (χ0) is 28.6. The van der Waals surface area contributed by atoms with Crippen LogP contribution in [0.15, 0.2) is 75.9 Å². The first kappa shape index (κ1) is 25.6. The zero-order valence-corrected chi connectivity index (χ0v) is 23.3. The van der Waals surface area contributed by atoms with Crippen LogP contribution in [0.1, 0.15) is 52.0 Å². The Morgan fingerprint density at radius 2 is 1.78 bits per heavy atom. The van der Waals surface area contributed by atoms with Gasteiger partial charge in [0.15, 0.2) is 11.0 Å². The van der Waals surface area contributed by atoms with Gasteiger partial charge in [-0.2, -0.15) is 0 Å². The Kier molecular flexibility index (Phi) is 5.64. The number of para-hydroxylation sites is 1. The highest BCUT2D eigenvalue weighted by atomic mass is 35.5. The van der Waals surface area contributed by atoms with E-state index in [1.807, 2.05) is 19.9 Å². The molecule has 0 saturated carbocycles. The molecule has 204 valence electrons. The lowest BCUT2D eigenvalue weighted by molar-refractivity contribution is -0.121. The van der Waals surface area contributed by atoms with Crippen LogP contribution >= 0.6 is 22.9 Å². The maximum Gasteiger partial charge on any atom is 0.297 e. The number of benzene rings is 3. The fraction of sp³-hybridized carbons (Fsp3) is 0.167. The van der Waals surface area contributed by atoms with Crippen LogP contribution in [0.2, 0.25) is 5.02 Å². The van der Waals surface area contributed by atoms with E-state index in [0.717, 1.165) is 23.5 Å². The number of hydrogen-bond acceptors (Lipinski definition) is 7. The van der Waals surface area contributed by atoms with E-state index in [1.165, 1.54) is 15.9 Å². The number of carbonyl (C=O) groups is 2. The average molecular weight is 587 g/mol. The van der Waals surface area contributed by atoms with Gasteiger partial charge in [0, 0.05) is 16.5 Å². The van der Waals surface area contributed by atoms with E-state index >= 15 is 0 Å². The summed E-state index contributed by atoms with van der Waals surface area (Å²) in [5.41, 5.74) is -1.21. The zero-order valence-electron chi connectivity index (χ0n) is 21.7. The first-order valence-corrected chi connectivity index (χ1v) is 14.0. The topological polar surface area (TPSA) is 96.6 Å². The quantitative estimate of drug-likeness (QED) is 0.256. The minimum atomic E-state index is -1.96. The number of nitrogens with zero attached hydrogens (tertiary/aromatic N) is 4. The summed E-state index contributed by atoms with van der Waals surface area (Å²) in [6, 6.07) is 17.6. The van der Waals surface area contributed by atoms with Crippen molar-refractivity contribution in [3.8, 4) is 0 Å². The maximum atomic E-state index is 14.9. The summed E-state index contributed by atoms with van der Waals surface area (Å²) in [6.07, 6.45) is 0. The molecule has 2 aliphatic rings. The molecule has 0 aliphatic carbocycles. The van der Waals surface area contributed by atoms with Crippen molar-refractivity contribution in [1.82, 2.24) is 10.2 Å². The average Bonchev–Trinajstić information content (AvgIpc) is 3.61. The summed E-state index contributed by atoms with van der Waals surface area (Å²) in [4.78, 5) is 46.1. The molecule has 0 N–H and O–H groups in total. The Balaban J connectivity index is 1.56. The van der Waals surface area contributed by atoms with E-state index in [0.29, 0.717) is 26.8 Å². The first-order chi connectivity index (χ1) is 19.7. The Morgan fingerprint density at radius 1 is 1.02 bits per heavy atom. The molecular formula is C30H20ClFN4O4S. The number of aromatic nitrogens is 2. The molecule has 0 radical (unpaired) electrons. The molecule has 8 nitrogen and oxygen atoms in total. The highest BCUT2D eigenvalue weighted by Crippen LogP contribution is 2.54. The number of carbonyl (C=O) groups excluding carboxylic acids is 2. The second-order valence-electron chi connectivity index (χ2n) is 10.2. The summed E-state index contributed by atoms with van der Waals surface area (Å²) in [7, 11) is 0. The molecule has 7 rings (SSSR count). The minimum absolute atomic E-state index is 0.00545. The van der Waals surface area contributed by atoms with Gasteiger partial charge in [0.25, 0.3) is 11.8 Å². The van der Waals surface area contributed by atoms with Gasteiger partial charge in [-0.15, -0.1) is 10.2 Å². The fourth-order valence-corrected chi connectivity index (χ4v) is 6.73. The molecule has 0 fully saturated rings. The third-order valence-electron chi connectivity index (χ3n) is 7.49. The van der Waals surface area contributed by atoms with E-state index < -0.39 is 28.6 Å². The second kappa shape index (κ2) is 9.05. The number of halogens is 2. The molecule has 11 heteroatoms. The van der Waals surface area contributed by atoms with Crippen molar-refractivity contribution in [2.24, 2.45) is 0 Å². The van der Waals surface area contributed by atoms with Crippen LogP contribution in [0.3, 0.4) is 0 Å². The molecule has 2 aromatic heterocycles. The molecule has 41 heavy (non-hydrogen) atoms. The van der Waals surface area contributed by atoms with Crippen LogP contribution in [0.5, 0.6) is 0 Å². The number of hydrogen-bond donors (Lipinski definition) is 0. The van der Waals surface area contributed by atoms with Crippen molar-refractivity contribution < 1.29 is 18.4 Å². The summed E-state index contributed by atoms with van der Waals surface area (Å²) in [5.74, 6) is -2.21.